The second-order valence-corrected chi connectivity index (χ2v) is 6.93. The molecule has 5 unspecified atom stereocenters. The largest absolute Gasteiger partial charge is 0.480 e. The molecule has 10 heteroatoms. The Morgan fingerprint density at radius 2 is 1.85 bits per heavy atom. The lowest BCUT2D eigenvalue weighted by Gasteiger charge is -2.28. The number of nitrogens with one attached hydrogen (secondary N) is 2. The van der Waals surface area contributed by atoms with Gasteiger partial charge < -0.3 is 31.5 Å². The van der Waals surface area contributed by atoms with Crippen LogP contribution in [0.1, 0.15) is 40.0 Å². The predicted molar refractivity (Wildman–Crippen MR) is 96.4 cm³/mol. The van der Waals surface area contributed by atoms with Crippen molar-refractivity contribution in [1.82, 2.24) is 15.5 Å². The standard InChI is InChI=1S/C17H30N4O6/c1-4-9(2)13(17(26)27)20-14(23)11(8-22)19-15(24)12-6-5-7-21(12)16(25)10(3)18/h9-13,22H,4-8,18H2,1-3H3,(H,19,24)(H,20,23)(H,26,27). The Bertz CT molecular complexity index is 568. The smallest absolute Gasteiger partial charge is 0.326 e. The molecule has 0 spiro atoms. The molecule has 0 aromatic carbocycles. The van der Waals surface area contributed by atoms with Crippen molar-refractivity contribution >= 4 is 23.7 Å². The first-order chi connectivity index (χ1) is 12.6. The highest BCUT2D eigenvalue weighted by atomic mass is 16.4. The second-order valence-electron chi connectivity index (χ2n) is 6.93. The number of rotatable bonds is 9. The summed E-state index contributed by atoms with van der Waals surface area (Å²) < 4.78 is 0. The number of hydrogen-bond acceptors (Lipinski definition) is 6. The van der Waals surface area contributed by atoms with Crippen LogP contribution in [0.3, 0.4) is 0 Å². The first kappa shape index (κ1) is 22.8. The molecular formula is C17H30N4O6. The molecule has 154 valence electrons. The molecule has 1 saturated heterocycles. The van der Waals surface area contributed by atoms with Crippen molar-refractivity contribution in [2.24, 2.45) is 11.7 Å². The minimum Gasteiger partial charge on any atom is -0.480 e. The summed E-state index contributed by atoms with van der Waals surface area (Å²) in [6.07, 6.45) is 1.58. The third kappa shape index (κ3) is 5.90. The van der Waals surface area contributed by atoms with E-state index < -0.39 is 48.6 Å². The number of likely N-dealkylation sites (tertiary alicyclic amines) is 1. The van der Waals surface area contributed by atoms with Crippen molar-refractivity contribution in [3.63, 3.8) is 0 Å². The summed E-state index contributed by atoms with van der Waals surface area (Å²) in [6.45, 7) is 4.70. The van der Waals surface area contributed by atoms with Crippen molar-refractivity contribution < 1.29 is 29.4 Å². The number of nitrogens with zero attached hydrogens (tertiary/aromatic N) is 1. The van der Waals surface area contributed by atoms with Crippen LogP contribution < -0.4 is 16.4 Å². The number of carbonyl (C=O) groups excluding carboxylic acids is 3. The maximum Gasteiger partial charge on any atom is 0.326 e. The van der Waals surface area contributed by atoms with Crippen molar-refractivity contribution in [1.29, 1.82) is 0 Å². The number of amides is 3. The third-order valence-corrected chi connectivity index (χ3v) is 4.82. The van der Waals surface area contributed by atoms with Crippen LogP contribution in [-0.4, -0.2) is 76.1 Å². The van der Waals surface area contributed by atoms with E-state index in [2.05, 4.69) is 10.6 Å². The molecule has 3 amide bonds. The molecule has 1 fully saturated rings. The van der Waals surface area contributed by atoms with Crippen LogP contribution in [0.5, 0.6) is 0 Å². The van der Waals surface area contributed by atoms with Gasteiger partial charge >= 0.3 is 5.97 Å². The molecule has 5 atom stereocenters. The zero-order valence-corrected chi connectivity index (χ0v) is 16.0. The summed E-state index contributed by atoms with van der Waals surface area (Å²) in [5.41, 5.74) is 5.60. The van der Waals surface area contributed by atoms with Gasteiger partial charge in [-0.2, -0.15) is 0 Å². The van der Waals surface area contributed by atoms with Crippen molar-refractivity contribution in [2.75, 3.05) is 13.2 Å². The van der Waals surface area contributed by atoms with Gasteiger partial charge in [0.2, 0.25) is 17.7 Å². The lowest BCUT2D eigenvalue weighted by molar-refractivity contribution is -0.144. The molecule has 1 rings (SSSR count). The number of nitrogens with two attached hydrogens (primary N) is 1. The summed E-state index contributed by atoms with van der Waals surface area (Å²) in [4.78, 5) is 49.7. The lowest BCUT2D eigenvalue weighted by atomic mass is 9.99. The average Bonchev–Trinajstić information content (AvgIpc) is 3.11. The average molecular weight is 386 g/mol. The van der Waals surface area contributed by atoms with Gasteiger partial charge in [-0.15, -0.1) is 0 Å². The Hall–Kier alpha value is -2.20. The summed E-state index contributed by atoms with van der Waals surface area (Å²) >= 11 is 0. The van der Waals surface area contributed by atoms with Gasteiger partial charge in [0.15, 0.2) is 0 Å². The van der Waals surface area contributed by atoms with Crippen molar-refractivity contribution in [2.45, 2.75) is 64.2 Å². The first-order valence-electron chi connectivity index (χ1n) is 9.14. The number of aliphatic hydroxyl groups is 1. The molecule has 0 bridgehead atoms. The van der Waals surface area contributed by atoms with Crippen molar-refractivity contribution in [3.05, 3.63) is 0 Å². The molecular weight excluding hydrogens is 356 g/mol. The molecule has 0 aromatic heterocycles. The van der Waals surface area contributed by atoms with E-state index in [1.807, 2.05) is 0 Å². The van der Waals surface area contributed by atoms with E-state index >= 15 is 0 Å². The Labute approximate surface area is 158 Å². The van der Waals surface area contributed by atoms with Crippen LogP contribution in [0.4, 0.5) is 0 Å². The van der Waals surface area contributed by atoms with Gasteiger partial charge in [0.05, 0.1) is 12.6 Å². The van der Waals surface area contributed by atoms with Gasteiger partial charge in [-0.25, -0.2) is 4.79 Å². The maximum atomic E-state index is 12.5. The Balaban J connectivity index is 2.78. The van der Waals surface area contributed by atoms with Crippen LogP contribution in [0.2, 0.25) is 0 Å². The number of hydrogen-bond donors (Lipinski definition) is 5. The number of carboxylic acids is 1. The summed E-state index contributed by atoms with van der Waals surface area (Å²) in [5.74, 6) is -3.24. The molecule has 1 aliphatic heterocycles. The lowest BCUT2D eigenvalue weighted by Crippen LogP contribution is -2.58. The van der Waals surface area contributed by atoms with Gasteiger partial charge in [-0.3, -0.25) is 14.4 Å². The van der Waals surface area contributed by atoms with Crippen LogP contribution in [0, 0.1) is 5.92 Å². The van der Waals surface area contributed by atoms with Crippen LogP contribution in [-0.2, 0) is 19.2 Å². The van der Waals surface area contributed by atoms with Gasteiger partial charge in [0, 0.05) is 6.54 Å². The predicted octanol–water partition coefficient (Wildman–Crippen LogP) is -1.58. The Morgan fingerprint density at radius 1 is 1.22 bits per heavy atom. The van der Waals surface area contributed by atoms with Gasteiger partial charge in [0.1, 0.15) is 18.1 Å². The minimum absolute atomic E-state index is 0.324. The van der Waals surface area contributed by atoms with E-state index in [0.29, 0.717) is 25.8 Å². The topological polar surface area (TPSA) is 162 Å². The molecule has 27 heavy (non-hydrogen) atoms. The molecule has 1 aliphatic rings. The summed E-state index contributed by atoms with van der Waals surface area (Å²) in [5, 5.41) is 23.5. The molecule has 10 nitrogen and oxygen atoms in total. The molecule has 0 saturated carbocycles. The van der Waals surface area contributed by atoms with E-state index in [9.17, 15) is 29.4 Å². The zero-order chi connectivity index (χ0) is 20.7. The fraction of sp³-hybridized carbons (Fsp3) is 0.765. The third-order valence-electron chi connectivity index (χ3n) is 4.82. The van der Waals surface area contributed by atoms with E-state index in [1.165, 1.54) is 11.8 Å². The van der Waals surface area contributed by atoms with Crippen LogP contribution in [0.25, 0.3) is 0 Å². The van der Waals surface area contributed by atoms with Crippen LogP contribution >= 0.6 is 0 Å². The number of carboxylic acid groups (broad SMARTS) is 1. The van der Waals surface area contributed by atoms with E-state index in [-0.39, 0.29) is 11.8 Å². The van der Waals surface area contributed by atoms with E-state index in [4.69, 9.17) is 5.73 Å². The highest BCUT2D eigenvalue weighted by Crippen LogP contribution is 2.18. The summed E-state index contributed by atoms with van der Waals surface area (Å²) in [6, 6.07) is -3.95. The number of aliphatic carboxylic acids is 1. The highest BCUT2D eigenvalue weighted by molar-refractivity contribution is 5.94. The number of aliphatic hydroxyl groups excluding tert-OH is 1. The molecule has 0 aromatic rings. The Kier molecular flexibility index (Phi) is 8.64. The minimum atomic E-state index is -1.31. The van der Waals surface area contributed by atoms with Gasteiger partial charge in [-0.05, 0) is 25.7 Å². The van der Waals surface area contributed by atoms with Crippen molar-refractivity contribution in [3.8, 4) is 0 Å². The van der Waals surface area contributed by atoms with E-state index in [0.717, 1.165) is 0 Å². The molecule has 6 N–H and O–H groups in total. The first-order valence-corrected chi connectivity index (χ1v) is 9.14. The van der Waals surface area contributed by atoms with E-state index in [1.54, 1.807) is 13.8 Å². The fourth-order valence-corrected chi connectivity index (χ4v) is 2.96. The second kappa shape index (κ2) is 10.2. The Morgan fingerprint density at radius 3 is 2.33 bits per heavy atom. The maximum absolute atomic E-state index is 12.5. The van der Waals surface area contributed by atoms with Crippen LogP contribution in [0.15, 0.2) is 0 Å². The quantitative estimate of drug-likeness (QED) is 0.319. The number of carbonyl (C=O) groups is 4. The zero-order valence-electron chi connectivity index (χ0n) is 16.0. The monoisotopic (exact) mass is 386 g/mol. The highest BCUT2D eigenvalue weighted by Gasteiger charge is 2.37. The SMILES string of the molecule is CCC(C)C(NC(=O)C(CO)NC(=O)C1CCCN1C(=O)C(C)N)C(=O)O. The van der Waals surface area contributed by atoms with Gasteiger partial charge in [0.25, 0.3) is 0 Å². The molecule has 0 aliphatic carbocycles. The molecule has 0 radical (unpaired) electrons. The molecule has 1 heterocycles. The van der Waals surface area contributed by atoms with Gasteiger partial charge in [-0.1, -0.05) is 20.3 Å². The normalized spacial score (nSPS) is 21.1. The summed E-state index contributed by atoms with van der Waals surface area (Å²) in [7, 11) is 0. The fourth-order valence-electron chi connectivity index (χ4n) is 2.96.